The molecule has 4 unspecified atom stereocenters. The number of nitrogens with zero attached hydrogens (tertiary/aromatic N) is 2. The minimum absolute atomic E-state index is 0.263. The van der Waals surface area contributed by atoms with Crippen LogP contribution < -0.4 is 9.80 Å². The van der Waals surface area contributed by atoms with Crippen LogP contribution in [0.2, 0.25) is 0 Å². The number of thiophene rings is 1. The van der Waals surface area contributed by atoms with Gasteiger partial charge >= 0.3 is 0 Å². The molecule has 4 aliphatic rings. The van der Waals surface area contributed by atoms with Crippen LogP contribution in [-0.2, 0) is 0 Å². The molecule has 0 bridgehead atoms. The van der Waals surface area contributed by atoms with Crippen LogP contribution in [0.25, 0.3) is 32.0 Å². The maximum atomic E-state index is 6.44. The molecule has 4 atom stereocenters. The summed E-state index contributed by atoms with van der Waals surface area (Å²) in [5, 5.41) is 4.01. The van der Waals surface area contributed by atoms with Gasteiger partial charge in [0.1, 0.15) is 11.2 Å². The molecule has 0 radical (unpaired) electrons. The van der Waals surface area contributed by atoms with Crippen LogP contribution >= 0.6 is 23.1 Å². The fourth-order valence-electron chi connectivity index (χ4n) is 9.52. The topological polar surface area (TPSA) is 19.6 Å². The molecular weight excluding hydrogens is 733 g/mol. The minimum Gasteiger partial charge on any atom is -0.456 e. The van der Waals surface area contributed by atoms with Crippen molar-refractivity contribution in [2.75, 3.05) is 9.80 Å². The second-order valence-corrected chi connectivity index (χ2v) is 17.8. The SMILES string of the molecule is C1=CCC(c2cccc(C3C=CC(N(c4ccc(N5c6c(sc7ccccc67)C6Sc7ccccc7C65)cc4)c4ccc5c(c4)oc4ccccc45)=CC3)c2)C=C1. The Bertz CT molecular complexity index is 3000. The van der Waals surface area contributed by atoms with Gasteiger partial charge in [-0.15, -0.1) is 23.1 Å². The number of fused-ring (bicyclic) bond motifs is 10. The molecule has 3 nitrogen and oxygen atoms in total. The summed E-state index contributed by atoms with van der Waals surface area (Å²) in [4.78, 5) is 7.91. The van der Waals surface area contributed by atoms with Crippen molar-refractivity contribution in [3.8, 4) is 0 Å². The maximum absolute atomic E-state index is 6.44. The summed E-state index contributed by atoms with van der Waals surface area (Å²) in [6.07, 6.45) is 18.0. The highest BCUT2D eigenvalue weighted by Crippen LogP contribution is 2.67. The molecule has 6 aromatic carbocycles. The summed E-state index contributed by atoms with van der Waals surface area (Å²) in [6.45, 7) is 0. The van der Waals surface area contributed by atoms with Crippen LogP contribution in [0.3, 0.4) is 0 Å². The number of anilines is 4. The Morgan fingerprint density at radius 2 is 1.40 bits per heavy atom. The van der Waals surface area contributed by atoms with E-state index in [1.807, 2.05) is 29.2 Å². The number of thioether (sulfide) groups is 1. The number of hydrogen-bond acceptors (Lipinski definition) is 5. The number of rotatable bonds is 6. The highest BCUT2D eigenvalue weighted by atomic mass is 32.2. The number of furan rings is 1. The molecule has 0 N–H and O–H groups in total. The Balaban J connectivity index is 0.933. The van der Waals surface area contributed by atoms with Crippen molar-refractivity contribution >= 4 is 77.9 Å². The summed E-state index contributed by atoms with van der Waals surface area (Å²) in [7, 11) is 0. The van der Waals surface area contributed by atoms with Crippen molar-refractivity contribution < 1.29 is 4.42 Å². The fraction of sp³-hybridized carbons (Fsp3) is 0.115. The summed E-state index contributed by atoms with van der Waals surface area (Å²) in [5.41, 5.74) is 12.0. The van der Waals surface area contributed by atoms with Crippen LogP contribution in [0.1, 0.15) is 57.5 Å². The molecule has 57 heavy (non-hydrogen) atoms. The van der Waals surface area contributed by atoms with E-state index in [1.165, 1.54) is 53.6 Å². The van der Waals surface area contributed by atoms with E-state index in [0.29, 0.717) is 17.1 Å². The van der Waals surface area contributed by atoms with Gasteiger partial charge in [0.05, 0.1) is 17.0 Å². The van der Waals surface area contributed by atoms with Crippen LogP contribution in [0, 0.1) is 0 Å². The van der Waals surface area contributed by atoms with Crippen LogP contribution in [0.5, 0.6) is 0 Å². The van der Waals surface area contributed by atoms with Gasteiger partial charge in [-0.1, -0.05) is 115 Å². The van der Waals surface area contributed by atoms with Crippen LogP contribution in [-0.4, -0.2) is 0 Å². The van der Waals surface area contributed by atoms with E-state index >= 15 is 0 Å². The summed E-state index contributed by atoms with van der Waals surface area (Å²) < 4.78 is 7.79. The molecule has 2 aromatic heterocycles. The Morgan fingerprint density at radius 3 is 2.25 bits per heavy atom. The van der Waals surface area contributed by atoms with Gasteiger partial charge in [0.2, 0.25) is 0 Å². The molecular formula is C52H38N2OS2. The molecule has 0 fully saturated rings. The van der Waals surface area contributed by atoms with Crippen LogP contribution in [0.4, 0.5) is 22.7 Å². The third-order valence-corrected chi connectivity index (χ3v) is 15.0. The Labute approximate surface area is 340 Å². The first-order valence-electron chi connectivity index (χ1n) is 19.9. The molecule has 5 heteroatoms. The average Bonchev–Trinajstić information content (AvgIpc) is 4.03. The second kappa shape index (κ2) is 13.3. The van der Waals surface area contributed by atoms with Crippen molar-refractivity contribution in [2.45, 2.75) is 40.9 Å². The lowest BCUT2D eigenvalue weighted by Crippen LogP contribution is -2.20. The minimum atomic E-state index is 0.263. The lowest BCUT2D eigenvalue weighted by molar-refractivity contribution is 0.669. The maximum Gasteiger partial charge on any atom is 0.137 e. The Morgan fingerprint density at radius 1 is 0.632 bits per heavy atom. The Hall–Kier alpha value is -6.01. The first-order chi connectivity index (χ1) is 28.2. The van der Waals surface area contributed by atoms with Gasteiger partial charge in [0.25, 0.3) is 0 Å². The second-order valence-electron chi connectivity index (χ2n) is 15.5. The van der Waals surface area contributed by atoms with Crippen molar-refractivity contribution in [2.24, 2.45) is 0 Å². The smallest absolute Gasteiger partial charge is 0.137 e. The summed E-state index contributed by atoms with van der Waals surface area (Å²) >= 11 is 3.99. The molecule has 12 rings (SSSR count). The fourth-order valence-corrected chi connectivity index (χ4v) is 12.4. The monoisotopic (exact) mass is 770 g/mol. The van der Waals surface area contributed by atoms with Crippen molar-refractivity contribution in [3.63, 3.8) is 0 Å². The van der Waals surface area contributed by atoms with E-state index in [2.05, 4.69) is 186 Å². The van der Waals surface area contributed by atoms with Gasteiger partial charge in [-0.25, -0.2) is 0 Å². The number of benzene rings is 6. The lowest BCUT2D eigenvalue weighted by atomic mass is 9.86. The van der Waals surface area contributed by atoms with E-state index in [0.717, 1.165) is 46.2 Å². The van der Waals surface area contributed by atoms with E-state index in [4.69, 9.17) is 4.42 Å². The number of para-hydroxylation sites is 1. The lowest BCUT2D eigenvalue weighted by Gasteiger charge is -2.31. The third kappa shape index (κ3) is 5.40. The van der Waals surface area contributed by atoms with Gasteiger partial charge < -0.3 is 14.2 Å². The first-order valence-corrected chi connectivity index (χ1v) is 21.6. The van der Waals surface area contributed by atoms with Gasteiger partial charge in [0, 0.05) is 71.3 Å². The molecule has 8 aromatic rings. The Kier molecular flexibility index (Phi) is 7.74. The molecule has 4 heterocycles. The molecule has 0 spiro atoms. The van der Waals surface area contributed by atoms with E-state index < -0.39 is 0 Å². The zero-order chi connectivity index (χ0) is 37.5. The van der Waals surface area contributed by atoms with Crippen molar-refractivity contribution in [1.29, 1.82) is 0 Å². The van der Waals surface area contributed by atoms with Gasteiger partial charge in [-0.2, -0.15) is 0 Å². The predicted octanol–water partition coefficient (Wildman–Crippen LogP) is 15.2. The normalized spacial score (nSPS) is 20.6. The molecule has 274 valence electrons. The van der Waals surface area contributed by atoms with Gasteiger partial charge in [-0.3, -0.25) is 0 Å². The predicted molar refractivity (Wildman–Crippen MR) is 241 cm³/mol. The molecule has 2 aliphatic heterocycles. The zero-order valence-electron chi connectivity index (χ0n) is 31.2. The standard InChI is InChI=1S/C52H38N2OS2/c1-2-11-33(12-3-1)35-13-10-14-36(31-35)34-21-23-37(24-22-34)53(40-29-30-42-41-15-4-7-18-45(41)55-46(42)32-40)38-25-27-39(28-26-38)54-49-43-16-5-8-19-47(43)56-51(49)52-50(54)44-17-6-9-20-48(44)57-52/h1-11,13-21,23-34,49,51H,12,22H2. The van der Waals surface area contributed by atoms with Crippen molar-refractivity contribution in [3.05, 3.63) is 209 Å². The molecule has 0 amide bonds. The van der Waals surface area contributed by atoms with Gasteiger partial charge in [-0.05, 0) is 90.2 Å². The number of hydrogen-bond donors (Lipinski definition) is 0. The highest BCUT2D eigenvalue weighted by molar-refractivity contribution is 8.00. The van der Waals surface area contributed by atoms with Gasteiger partial charge in [0.15, 0.2) is 0 Å². The highest BCUT2D eigenvalue weighted by Gasteiger charge is 2.48. The largest absolute Gasteiger partial charge is 0.456 e. The average molecular weight is 771 g/mol. The van der Waals surface area contributed by atoms with Crippen LogP contribution in [0.15, 0.2) is 197 Å². The van der Waals surface area contributed by atoms with Crippen molar-refractivity contribution in [1.82, 2.24) is 0 Å². The van der Waals surface area contributed by atoms with E-state index in [-0.39, 0.29) is 6.04 Å². The molecule has 0 saturated carbocycles. The van der Waals surface area contributed by atoms with E-state index in [9.17, 15) is 0 Å². The zero-order valence-corrected chi connectivity index (χ0v) is 32.8. The summed E-state index contributed by atoms with van der Waals surface area (Å²) in [6, 6.07) is 51.7. The third-order valence-electron chi connectivity index (χ3n) is 12.2. The quantitative estimate of drug-likeness (QED) is 0.168. The summed E-state index contributed by atoms with van der Waals surface area (Å²) in [5.74, 6) is 0.766. The number of allylic oxidation sites excluding steroid dienone is 7. The molecule has 2 aliphatic carbocycles. The van der Waals surface area contributed by atoms with E-state index in [1.54, 1.807) is 0 Å². The molecule has 0 saturated heterocycles. The first kappa shape index (κ1) is 33.2.